The molecule has 1 heterocycles. The summed E-state index contributed by atoms with van der Waals surface area (Å²) in [5.74, 6) is 0. The third kappa shape index (κ3) is 4.52. The first kappa shape index (κ1) is 17.8. The fourth-order valence-corrected chi connectivity index (χ4v) is 3.90. The van der Waals surface area contributed by atoms with Crippen LogP contribution in [0.1, 0.15) is 12.8 Å². The Morgan fingerprint density at radius 3 is 2.08 bits per heavy atom. The van der Waals surface area contributed by atoms with E-state index in [0.717, 1.165) is 30.4 Å². The maximum atomic E-state index is 12.4. The number of rotatable bonds is 4. The van der Waals surface area contributed by atoms with Crippen LogP contribution >= 0.6 is 15.9 Å². The lowest BCUT2D eigenvalue weighted by Gasteiger charge is -2.16. The second-order valence-corrected chi connectivity index (χ2v) is 8.36. The number of carbonyl (C=O) groups excluding carboxylic acids is 1. The fraction of sp³-hybridized carbons (Fsp3) is 0.235. The number of benzene rings is 2. The van der Waals surface area contributed by atoms with E-state index in [4.69, 9.17) is 0 Å². The lowest BCUT2D eigenvalue weighted by atomic mass is 10.3. The minimum absolute atomic E-state index is 0.134. The zero-order valence-electron chi connectivity index (χ0n) is 13.4. The molecule has 6 nitrogen and oxygen atoms in total. The molecule has 0 bridgehead atoms. The number of nitrogens with zero attached hydrogens (tertiary/aromatic N) is 1. The first-order valence-electron chi connectivity index (χ1n) is 7.88. The van der Waals surface area contributed by atoms with Gasteiger partial charge in [-0.25, -0.2) is 13.2 Å². The molecule has 1 fully saturated rings. The van der Waals surface area contributed by atoms with Crippen LogP contribution in [0, 0.1) is 0 Å². The second-order valence-electron chi connectivity index (χ2n) is 5.76. The summed E-state index contributed by atoms with van der Waals surface area (Å²) in [5, 5.41) is 2.78. The van der Waals surface area contributed by atoms with E-state index in [1.807, 2.05) is 0 Å². The third-order valence-corrected chi connectivity index (χ3v) is 5.83. The van der Waals surface area contributed by atoms with E-state index in [2.05, 4.69) is 26.0 Å². The van der Waals surface area contributed by atoms with Crippen molar-refractivity contribution in [2.75, 3.05) is 23.1 Å². The Bertz CT molecular complexity index is 846. The van der Waals surface area contributed by atoms with Crippen molar-refractivity contribution in [2.24, 2.45) is 0 Å². The van der Waals surface area contributed by atoms with Crippen LogP contribution in [-0.4, -0.2) is 32.4 Å². The number of sulfonamides is 1. The Balaban J connectivity index is 1.68. The molecule has 132 valence electrons. The Morgan fingerprint density at radius 1 is 0.920 bits per heavy atom. The molecule has 2 aromatic rings. The summed E-state index contributed by atoms with van der Waals surface area (Å²) in [7, 11) is -3.68. The van der Waals surface area contributed by atoms with Gasteiger partial charge >= 0.3 is 6.03 Å². The van der Waals surface area contributed by atoms with Crippen LogP contribution in [-0.2, 0) is 10.0 Å². The Kier molecular flexibility index (Phi) is 5.29. The van der Waals surface area contributed by atoms with Gasteiger partial charge in [0.15, 0.2) is 0 Å². The lowest BCUT2D eigenvalue weighted by Crippen LogP contribution is -2.32. The monoisotopic (exact) mass is 423 g/mol. The van der Waals surface area contributed by atoms with Gasteiger partial charge in [-0.15, -0.1) is 0 Å². The number of nitrogens with one attached hydrogen (secondary N) is 2. The number of halogens is 1. The molecule has 1 saturated heterocycles. The van der Waals surface area contributed by atoms with Crippen LogP contribution in [0.25, 0.3) is 0 Å². The maximum absolute atomic E-state index is 12.4. The molecule has 2 aromatic carbocycles. The van der Waals surface area contributed by atoms with E-state index < -0.39 is 10.0 Å². The highest BCUT2D eigenvalue weighted by atomic mass is 79.9. The summed E-state index contributed by atoms with van der Waals surface area (Å²) >= 11 is 3.31. The van der Waals surface area contributed by atoms with E-state index in [1.54, 1.807) is 41.3 Å². The molecule has 0 aromatic heterocycles. The van der Waals surface area contributed by atoms with Gasteiger partial charge in [0, 0.05) is 28.9 Å². The largest absolute Gasteiger partial charge is 0.325 e. The van der Waals surface area contributed by atoms with Crippen molar-refractivity contribution >= 4 is 43.4 Å². The van der Waals surface area contributed by atoms with Crippen LogP contribution in [0.4, 0.5) is 16.2 Å². The molecule has 0 saturated carbocycles. The van der Waals surface area contributed by atoms with Gasteiger partial charge < -0.3 is 10.2 Å². The average molecular weight is 424 g/mol. The Morgan fingerprint density at radius 2 is 1.48 bits per heavy atom. The first-order valence-corrected chi connectivity index (χ1v) is 10.2. The molecule has 1 aliphatic heterocycles. The summed E-state index contributed by atoms with van der Waals surface area (Å²) in [6.45, 7) is 1.52. The van der Waals surface area contributed by atoms with Crippen LogP contribution in [0.5, 0.6) is 0 Å². The highest BCUT2D eigenvalue weighted by Gasteiger charge is 2.18. The highest BCUT2D eigenvalue weighted by Crippen LogP contribution is 2.20. The Hall–Kier alpha value is -2.06. The molecule has 0 radical (unpaired) electrons. The van der Waals surface area contributed by atoms with Gasteiger partial charge in [-0.1, -0.05) is 15.9 Å². The molecule has 0 unspecified atom stereocenters. The van der Waals surface area contributed by atoms with Crippen molar-refractivity contribution in [2.45, 2.75) is 17.7 Å². The number of anilines is 2. The highest BCUT2D eigenvalue weighted by molar-refractivity contribution is 9.10. The first-order chi connectivity index (χ1) is 11.9. The van der Waals surface area contributed by atoms with Crippen molar-refractivity contribution in [3.05, 3.63) is 53.0 Å². The van der Waals surface area contributed by atoms with E-state index >= 15 is 0 Å². The van der Waals surface area contributed by atoms with Gasteiger partial charge in [0.25, 0.3) is 10.0 Å². The number of hydrogen-bond acceptors (Lipinski definition) is 3. The van der Waals surface area contributed by atoms with Gasteiger partial charge in [-0.3, -0.25) is 4.72 Å². The predicted molar refractivity (Wildman–Crippen MR) is 101 cm³/mol. The quantitative estimate of drug-likeness (QED) is 0.782. The Labute approximate surface area is 155 Å². The molecule has 25 heavy (non-hydrogen) atoms. The molecular formula is C17H18BrN3O3S. The predicted octanol–water partition coefficient (Wildman–Crippen LogP) is 3.88. The van der Waals surface area contributed by atoms with E-state index in [9.17, 15) is 13.2 Å². The summed E-state index contributed by atoms with van der Waals surface area (Å²) in [6.07, 6.45) is 2.04. The van der Waals surface area contributed by atoms with Crippen molar-refractivity contribution < 1.29 is 13.2 Å². The molecule has 2 amide bonds. The molecule has 0 atom stereocenters. The number of carbonyl (C=O) groups is 1. The van der Waals surface area contributed by atoms with Crippen molar-refractivity contribution in [3.63, 3.8) is 0 Å². The van der Waals surface area contributed by atoms with Crippen LogP contribution < -0.4 is 10.0 Å². The van der Waals surface area contributed by atoms with Crippen molar-refractivity contribution in [3.8, 4) is 0 Å². The number of urea groups is 1. The van der Waals surface area contributed by atoms with Gasteiger partial charge in [0.2, 0.25) is 0 Å². The smallest absolute Gasteiger partial charge is 0.321 e. The third-order valence-electron chi connectivity index (χ3n) is 3.91. The van der Waals surface area contributed by atoms with Gasteiger partial charge in [-0.05, 0) is 61.4 Å². The van der Waals surface area contributed by atoms with E-state index in [-0.39, 0.29) is 10.9 Å². The zero-order valence-corrected chi connectivity index (χ0v) is 15.8. The summed E-state index contributed by atoms with van der Waals surface area (Å²) < 4.78 is 28.2. The fourth-order valence-electron chi connectivity index (χ4n) is 2.57. The van der Waals surface area contributed by atoms with Gasteiger partial charge in [0.1, 0.15) is 0 Å². The zero-order chi connectivity index (χ0) is 17.9. The van der Waals surface area contributed by atoms with E-state index in [0.29, 0.717) is 11.4 Å². The van der Waals surface area contributed by atoms with Crippen LogP contribution in [0.3, 0.4) is 0 Å². The minimum atomic E-state index is -3.68. The normalized spacial score (nSPS) is 14.4. The molecule has 0 aliphatic carbocycles. The average Bonchev–Trinajstić information content (AvgIpc) is 3.12. The molecule has 2 N–H and O–H groups in total. The summed E-state index contributed by atoms with van der Waals surface area (Å²) in [4.78, 5) is 13.9. The van der Waals surface area contributed by atoms with Crippen molar-refractivity contribution in [1.82, 2.24) is 4.90 Å². The maximum Gasteiger partial charge on any atom is 0.321 e. The number of hydrogen-bond donors (Lipinski definition) is 2. The second kappa shape index (κ2) is 7.45. The minimum Gasteiger partial charge on any atom is -0.325 e. The molecule has 0 spiro atoms. The lowest BCUT2D eigenvalue weighted by molar-refractivity contribution is 0.222. The molecule has 3 rings (SSSR count). The van der Waals surface area contributed by atoms with Crippen molar-refractivity contribution in [1.29, 1.82) is 0 Å². The van der Waals surface area contributed by atoms with Crippen LogP contribution in [0.2, 0.25) is 0 Å². The van der Waals surface area contributed by atoms with Gasteiger partial charge in [-0.2, -0.15) is 0 Å². The molecule has 1 aliphatic rings. The molecule has 8 heteroatoms. The number of amides is 2. The van der Waals surface area contributed by atoms with E-state index in [1.165, 1.54) is 12.1 Å². The standard InChI is InChI=1S/C17H18BrN3O3S/c18-13-3-5-15(6-4-13)20-25(23,24)16-9-7-14(8-10-16)19-17(22)21-11-1-2-12-21/h3-10,20H,1-2,11-12H2,(H,19,22). The summed E-state index contributed by atoms with van der Waals surface area (Å²) in [6, 6.07) is 12.8. The molecular weight excluding hydrogens is 406 g/mol. The summed E-state index contributed by atoms with van der Waals surface area (Å²) in [5.41, 5.74) is 1.05. The van der Waals surface area contributed by atoms with Gasteiger partial charge in [0.05, 0.1) is 4.90 Å². The SMILES string of the molecule is O=C(Nc1ccc(S(=O)(=O)Nc2ccc(Br)cc2)cc1)N1CCCC1. The number of likely N-dealkylation sites (tertiary alicyclic amines) is 1. The van der Waals surface area contributed by atoms with Crippen LogP contribution in [0.15, 0.2) is 57.9 Å². The topological polar surface area (TPSA) is 78.5 Å².